The van der Waals surface area contributed by atoms with Crippen LogP contribution >= 0.6 is 0 Å². The van der Waals surface area contributed by atoms with E-state index in [9.17, 15) is 25.2 Å². The highest BCUT2D eigenvalue weighted by molar-refractivity contribution is 5.80. The number of allylic oxidation sites excluding steroid dienone is 8. The summed E-state index contributed by atoms with van der Waals surface area (Å²) in [5.74, 6) is -0.601. The lowest BCUT2D eigenvalue weighted by Gasteiger charge is -2.27. The van der Waals surface area contributed by atoms with Crippen molar-refractivity contribution >= 4 is 5.91 Å². The number of carbonyl (C=O) groups excluding carboxylic acids is 1. The van der Waals surface area contributed by atoms with Crippen molar-refractivity contribution < 1.29 is 25.2 Å². The van der Waals surface area contributed by atoms with E-state index in [1.165, 1.54) is 186 Å². The van der Waals surface area contributed by atoms with Crippen LogP contribution < -0.4 is 5.32 Å². The second-order valence-electron chi connectivity index (χ2n) is 18.6. The lowest BCUT2D eigenvalue weighted by atomic mass is 10.00. The summed E-state index contributed by atoms with van der Waals surface area (Å²) >= 11 is 0. The van der Waals surface area contributed by atoms with Gasteiger partial charge in [-0.05, 0) is 83.5 Å². The first-order valence-corrected chi connectivity index (χ1v) is 27.0. The van der Waals surface area contributed by atoms with Gasteiger partial charge in [-0.25, -0.2) is 0 Å². The summed E-state index contributed by atoms with van der Waals surface area (Å²) in [4.78, 5) is 12.6. The molecule has 0 fully saturated rings. The van der Waals surface area contributed by atoms with E-state index in [2.05, 4.69) is 67.8 Å². The Morgan fingerprint density at radius 1 is 0.403 bits per heavy atom. The second-order valence-corrected chi connectivity index (χ2v) is 18.6. The maximum Gasteiger partial charge on any atom is 0.249 e. The van der Waals surface area contributed by atoms with E-state index in [0.29, 0.717) is 19.3 Å². The van der Waals surface area contributed by atoms with Crippen molar-refractivity contribution in [2.24, 2.45) is 0 Å². The number of hydrogen-bond acceptors (Lipinski definition) is 5. The van der Waals surface area contributed by atoms with E-state index in [1.807, 2.05) is 0 Å². The minimum Gasteiger partial charge on any atom is -0.394 e. The Kier molecular flexibility index (Phi) is 48.9. The van der Waals surface area contributed by atoms with Gasteiger partial charge in [0.25, 0.3) is 0 Å². The fourth-order valence-electron chi connectivity index (χ4n) is 8.22. The molecule has 0 aromatic rings. The Labute approximate surface area is 385 Å². The highest BCUT2D eigenvalue weighted by Gasteiger charge is 2.28. The van der Waals surface area contributed by atoms with Gasteiger partial charge in [0.1, 0.15) is 12.2 Å². The molecule has 0 bridgehead atoms. The molecule has 0 heterocycles. The van der Waals surface area contributed by atoms with Gasteiger partial charge in [0.2, 0.25) is 5.91 Å². The van der Waals surface area contributed by atoms with Crippen molar-refractivity contribution in [1.82, 2.24) is 5.32 Å². The number of hydrogen-bond donors (Lipinski definition) is 5. The summed E-state index contributed by atoms with van der Waals surface area (Å²) in [6, 6.07) is -1.01. The molecule has 5 N–H and O–H groups in total. The third kappa shape index (κ3) is 43.5. The molecule has 0 aromatic carbocycles. The highest BCUT2D eigenvalue weighted by atomic mass is 16.3. The molecule has 6 nitrogen and oxygen atoms in total. The van der Waals surface area contributed by atoms with Crippen LogP contribution in [0.15, 0.2) is 48.6 Å². The second kappa shape index (κ2) is 50.3. The summed E-state index contributed by atoms with van der Waals surface area (Å²) in [6.45, 7) is 4.06. The van der Waals surface area contributed by atoms with Gasteiger partial charge in [-0.1, -0.05) is 236 Å². The van der Waals surface area contributed by atoms with Crippen molar-refractivity contribution in [3.8, 4) is 0 Å². The van der Waals surface area contributed by atoms with Crippen LogP contribution in [0.5, 0.6) is 0 Å². The molecular weight excluding hydrogens is 767 g/mol. The Morgan fingerprint density at radius 2 is 0.726 bits per heavy atom. The number of nitrogens with one attached hydrogen (secondary N) is 1. The SMILES string of the molecule is CCCCCCCCCCC/C=C\C/C=C\CCCCCCCCCCC(O)C(=O)NC(CO)C(O)C(O)CCC/C=C/CC/C=C/CCCCCCCCCCCCCCC. The smallest absolute Gasteiger partial charge is 0.249 e. The standard InChI is InChI=1S/C56H105NO5/c1-3-5-7-9-11-13-15-17-19-21-23-25-27-28-30-32-34-36-38-40-42-44-46-48-50-54(60)56(62)57-52(51-58)55(61)53(59)49-47-45-43-41-39-37-35-33-31-29-26-24-22-20-18-16-14-12-10-8-6-4-2/h23,25,28,30,33,35,41,43,52-55,58-61H,3-22,24,26-27,29,31-32,34,36-40,42,44-51H2,1-2H3,(H,57,62)/b25-23-,30-28-,35-33+,43-41+. The average molecular weight is 872 g/mol. The van der Waals surface area contributed by atoms with Crippen molar-refractivity contribution in [3.63, 3.8) is 0 Å². The van der Waals surface area contributed by atoms with Gasteiger partial charge >= 0.3 is 0 Å². The molecule has 6 heteroatoms. The van der Waals surface area contributed by atoms with Crippen LogP contribution in [0, 0.1) is 0 Å². The van der Waals surface area contributed by atoms with Crippen LogP contribution in [-0.4, -0.2) is 57.3 Å². The number of aliphatic hydroxyl groups is 4. The molecule has 0 radical (unpaired) electrons. The van der Waals surface area contributed by atoms with Crippen molar-refractivity contribution in [3.05, 3.63) is 48.6 Å². The fraction of sp³-hybridized carbons (Fsp3) is 0.839. The topological polar surface area (TPSA) is 110 Å². The lowest BCUT2D eigenvalue weighted by molar-refractivity contribution is -0.132. The van der Waals surface area contributed by atoms with E-state index in [-0.39, 0.29) is 0 Å². The molecular formula is C56H105NO5. The summed E-state index contributed by atoms with van der Waals surface area (Å²) in [6.07, 6.45) is 63.1. The Morgan fingerprint density at radius 3 is 1.11 bits per heavy atom. The number of unbranched alkanes of at least 4 members (excludes halogenated alkanes) is 32. The van der Waals surface area contributed by atoms with Crippen LogP contribution in [-0.2, 0) is 4.79 Å². The van der Waals surface area contributed by atoms with E-state index in [1.54, 1.807) is 0 Å². The predicted octanol–water partition coefficient (Wildman–Crippen LogP) is 15.4. The zero-order valence-corrected chi connectivity index (χ0v) is 41.1. The largest absolute Gasteiger partial charge is 0.394 e. The quantitative estimate of drug-likeness (QED) is 0.0309. The Balaban J connectivity index is 3.74. The first-order chi connectivity index (χ1) is 30.5. The van der Waals surface area contributed by atoms with Gasteiger partial charge in [-0.15, -0.1) is 0 Å². The minimum atomic E-state index is -1.29. The van der Waals surface area contributed by atoms with E-state index in [4.69, 9.17) is 0 Å². The fourth-order valence-corrected chi connectivity index (χ4v) is 8.22. The molecule has 62 heavy (non-hydrogen) atoms. The van der Waals surface area contributed by atoms with Crippen LogP contribution in [0.25, 0.3) is 0 Å². The summed E-state index contributed by atoms with van der Waals surface area (Å²) in [5.41, 5.74) is 0. The molecule has 0 aromatic heterocycles. The third-order valence-corrected chi connectivity index (χ3v) is 12.5. The maximum absolute atomic E-state index is 12.6. The number of rotatable bonds is 49. The first kappa shape index (κ1) is 60.3. The zero-order chi connectivity index (χ0) is 45.2. The molecule has 4 unspecified atom stereocenters. The summed E-state index contributed by atoms with van der Waals surface area (Å²) < 4.78 is 0. The average Bonchev–Trinajstić information content (AvgIpc) is 3.28. The van der Waals surface area contributed by atoms with E-state index in [0.717, 1.165) is 51.4 Å². The maximum atomic E-state index is 12.6. The van der Waals surface area contributed by atoms with E-state index >= 15 is 0 Å². The third-order valence-electron chi connectivity index (χ3n) is 12.5. The molecule has 0 rings (SSSR count). The van der Waals surface area contributed by atoms with Crippen LogP contribution in [0.3, 0.4) is 0 Å². The molecule has 0 aliphatic carbocycles. The number of aliphatic hydroxyl groups excluding tert-OH is 4. The van der Waals surface area contributed by atoms with E-state index < -0.39 is 36.9 Å². The van der Waals surface area contributed by atoms with Crippen molar-refractivity contribution in [2.45, 2.75) is 295 Å². The van der Waals surface area contributed by atoms with Gasteiger partial charge in [0.15, 0.2) is 0 Å². The van der Waals surface area contributed by atoms with Crippen LogP contribution in [0.4, 0.5) is 0 Å². The zero-order valence-electron chi connectivity index (χ0n) is 41.1. The van der Waals surface area contributed by atoms with Crippen LogP contribution in [0.1, 0.15) is 271 Å². The minimum absolute atomic E-state index is 0.352. The molecule has 0 saturated carbocycles. The van der Waals surface area contributed by atoms with Gasteiger partial charge < -0.3 is 25.7 Å². The number of amides is 1. The molecule has 0 aliphatic heterocycles. The van der Waals surface area contributed by atoms with Crippen LogP contribution in [0.2, 0.25) is 0 Å². The molecule has 4 atom stereocenters. The highest BCUT2D eigenvalue weighted by Crippen LogP contribution is 2.16. The van der Waals surface area contributed by atoms with Gasteiger partial charge in [0.05, 0.1) is 18.8 Å². The monoisotopic (exact) mass is 872 g/mol. The summed E-state index contributed by atoms with van der Waals surface area (Å²) in [5, 5.41) is 43.9. The van der Waals surface area contributed by atoms with Gasteiger partial charge in [0, 0.05) is 0 Å². The normalized spacial score (nSPS) is 14.2. The molecule has 0 spiro atoms. The van der Waals surface area contributed by atoms with Gasteiger partial charge in [-0.2, -0.15) is 0 Å². The van der Waals surface area contributed by atoms with Gasteiger partial charge in [-0.3, -0.25) is 4.79 Å². The molecule has 0 saturated heterocycles. The lowest BCUT2D eigenvalue weighted by Crippen LogP contribution is -2.53. The number of carbonyl (C=O) groups is 1. The molecule has 0 aliphatic rings. The predicted molar refractivity (Wildman–Crippen MR) is 270 cm³/mol. The summed E-state index contributed by atoms with van der Waals surface area (Å²) in [7, 11) is 0. The first-order valence-electron chi connectivity index (χ1n) is 27.0. The molecule has 1 amide bonds. The molecule has 364 valence electrons. The Bertz CT molecular complexity index is 1020. The van der Waals surface area contributed by atoms with Crippen molar-refractivity contribution in [2.75, 3.05) is 6.61 Å². The Hall–Kier alpha value is -1.73. The van der Waals surface area contributed by atoms with Crippen molar-refractivity contribution in [1.29, 1.82) is 0 Å².